The first-order chi connectivity index (χ1) is 8.54. The molecule has 0 radical (unpaired) electrons. The number of rotatable bonds is 5. The SMILES string of the molecule is CN(Cc1cccnc1)C(=O)N[C@@H](CO)C(=O)O. The van der Waals surface area contributed by atoms with Crippen molar-refractivity contribution in [2.45, 2.75) is 12.6 Å². The zero-order valence-electron chi connectivity index (χ0n) is 9.91. The Morgan fingerprint density at radius 2 is 2.28 bits per heavy atom. The van der Waals surface area contributed by atoms with Crippen LogP contribution in [0.2, 0.25) is 0 Å². The molecule has 0 aliphatic heterocycles. The highest BCUT2D eigenvalue weighted by Gasteiger charge is 2.20. The van der Waals surface area contributed by atoms with Crippen molar-refractivity contribution in [1.82, 2.24) is 15.2 Å². The Hall–Kier alpha value is -2.15. The van der Waals surface area contributed by atoms with Crippen molar-refractivity contribution in [1.29, 1.82) is 0 Å². The van der Waals surface area contributed by atoms with Gasteiger partial charge < -0.3 is 20.4 Å². The number of carboxylic acids is 1. The smallest absolute Gasteiger partial charge is 0.328 e. The first kappa shape index (κ1) is 13.9. The van der Waals surface area contributed by atoms with E-state index in [1.807, 2.05) is 0 Å². The van der Waals surface area contributed by atoms with E-state index in [0.29, 0.717) is 6.54 Å². The van der Waals surface area contributed by atoms with Crippen molar-refractivity contribution in [3.8, 4) is 0 Å². The standard InChI is InChI=1S/C11H15N3O4/c1-14(6-8-3-2-4-12-5-8)11(18)13-9(7-15)10(16)17/h2-5,9,15H,6-7H2,1H3,(H,13,18)(H,16,17)/t9-/m0/s1. The summed E-state index contributed by atoms with van der Waals surface area (Å²) in [7, 11) is 1.53. The lowest BCUT2D eigenvalue weighted by molar-refractivity contribution is -0.140. The molecule has 0 unspecified atom stereocenters. The van der Waals surface area contributed by atoms with Crippen molar-refractivity contribution in [3.63, 3.8) is 0 Å². The molecule has 18 heavy (non-hydrogen) atoms. The van der Waals surface area contributed by atoms with Crippen LogP contribution in [0, 0.1) is 0 Å². The monoisotopic (exact) mass is 253 g/mol. The number of aromatic nitrogens is 1. The third kappa shape index (κ3) is 4.02. The number of carboxylic acid groups (broad SMARTS) is 1. The second-order valence-corrected chi connectivity index (χ2v) is 3.74. The normalized spacial score (nSPS) is 11.7. The Labute approximate surface area is 104 Å². The van der Waals surface area contributed by atoms with Crippen LogP contribution < -0.4 is 5.32 Å². The average molecular weight is 253 g/mol. The first-order valence-electron chi connectivity index (χ1n) is 5.28. The van der Waals surface area contributed by atoms with Gasteiger partial charge in [-0.15, -0.1) is 0 Å². The maximum Gasteiger partial charge on any atom is 0.328 e. The zero-order valence-corrected chi connectivity index (χ0v) is 9.91. The summed E-state index contributed by atoms with van der Waals surface area (Å²) in [6.07, 6.45) is 3.24. The number of nitrogens with one attached hydrogen (secondary N) is 1. The van der Waals surface area contributed by atoms with Gasteiger partial charge in [0.1, 0.15) is 0 Å². The van der Waals surface area contributed by atoms with Crippen LogP contribution in [0.5, 0.6) is 0 Å². The molecule has 0 saturated heterocycles. The minimum Gasteiger partial charge on any atom is -0.480 e. The summed E-state index contributed by atoms with van der Waals surface area (Å²) >= 11 is 0. The van der Waals surface area contributed by atoms with E-state index >= 15 is 0 Å². The van der Waals surface area contributed by atoms with Crippen molar-refractivity contribution in [2.24, 2.45) is 0 Å². The topological polar surface area (TPSA) is 103 Å². The van der Waals surface area contributed by atoms with E-state index < -0.39 is 24.6 Å². The summed E-state index contributed by atoms with van der Waals surface area (Å²) in [5.74, 6) is -1.28. The summed E-state index contributed by atoms with van der Waals surface area (Å²) in [4.78, 5) is 27.5. The van der Waals surface area contributed by atoms with Crippen LogP contribution in [0.25, 0.3) is 0 Å². The number of carbonyl (C=O) groups excluding carboxylic acids is 1. The van der Waals surface area contributed by atoms with Gasteiger partial charge in [0.25, 0.3) is 0 Å². The lowest BCUT2D eigenvalue weighted by atomic mass is 10.3. The molecule has 1 aromatic heterocycles. The third-order valence-corrected chi connectivity index (χ3v) is 2.27. The van der Waals surface area contributed by atoms with Gasteiger partial charge >= 0.3 is 12.0 Å². The molecule has 98 valence electrons. The van der Waals surface area contributed by atoms with E-state index in [0.717, 1.165) is 5.56 Å². The van der Waals surface area contributed by atoms with Gasteiger partial charge in [0.2, 0.25) is 0 Å². The summed E-state index contributed by atoms with van der Waals surface area (Å²) in [5.41, 5.74) is 0.825. The molecule has 0 spiro atoms. The third-order valence-electron chi connectivity index (χ3n) is 2.27. The average Bonchev–Trinajstić information content (AvgIpc) is 2.36. The van der Waals surface area contributed by atoms with E-state index in [9.17, 15) is 9.59 Å². The number of pyridine rings is 1. The molecule has 0 saturated carbocycles. The van der Waals surface area contributed by atoms with Gasteiger partial charge in [-0.3, -0.25) is 4.98 Å². The van der Waals surface area contributed by atoms with Gasteiger partial charge in [-0.1, -0.05) is 6.07 Å². The van der Waals surface area contributed by atoms with Crippen LogP contribution in [0.4, 0.5) is 4.79 Å². The Morgan fingerprint density at radius 1 is 1.56 bits per heavy atom. The molecular formula is C11H15N3O4. The largest absolute Gasteiger partial charge is 0.480 e. The van der Waals surface area contributed by atoms with Crippen LogP contribution in [0.15, 0.2) is 24.5 Å². The molecule has 1 heterocycles. The zero-order chi connectivity index (χ0) is 13.5. The van der Waals surface area contributed by atoms with Gasteiger partial charge in [-0.25, -0.2) is 9.59 Å². The van der Waals surface area contributed by atoms with Crippen LogP contribution in [-0.2, 0) is 11.3 Å². The predicted octanol–water partition coefficient (Wildman–Crippen LogP) is -0.332. The van der Waals surface area contributed by atoms with Crippen LogP contribution in [0.3, 0.4) is 0 Å². The number of aliphatic hydroxyl groups excluding tert-OH is 1. The second kappa shape index (κ2) is 6.55. The molecule has 0 fully saturated rings. The molecule has 1 atom stereocenters. The molecule has 7 heteroatoms. The molecule has 1 rings (SSSR count). The van der Waals surface area contributed by atoms with E-state index in [4.69, 9.17) is 10.2 Å². The van der Waals surface area contributed by atoms with Crippen LogP contribution in [-0.4, -0.2) is 51.8 Å². The van der Waals surface area contributed by atoms with Gasteiger partial charge in [0.15, 0.2) is 6.04 Å². The number of aliphatic hydroxyl groups is 1. The summed E-state index contributed by atoms with van der Waals surface area (Å²) < 4.78 is 0. The Kier molecular flexibility index (Phi) is 5.06. The lowest BCUT2D eigenvalue weighted by Gasteiger charge is -2.20. The molecule has 1 aromatic rings. The van der Waals surface area contributed by atoms with Crippen molar-refractivity contribution in [2.75, 3.05) is 13.7 Å². The highest BCUT2D eigenvalue weighted by Crippen LogP contribution is 2.01. The van der Waals surface area contributed by atoms with Crippen molar-refractivity contribution >= 4 is 12.0 Å². The summed E-state index contributed by atoms with van der Waals surface area (Å²) in [6, 6.07) is 1.68. The Balaban J connectivity index is 2.54. The van der Waals surface area contributed by atoms with Gasteiger partial charge in [0.05, 0.1) is 6.61 Å². The fourth-order valence-corrected chi connectivity index (χ4v) is 1.28. The molecule has 0 bridgehead atoms. The first-order valence-corrected chi connectivity index (χ1v) is 5.28. The molecule has 0 aliphatic carbocycles. The molecule has 2 amide bonds. The number of hydrogen-bond donors (Lipinski definition) is 3. The molecule has 0 aliphatic rings. The van der Waals surface area contributed by atoms with Gasteiger partial charge in [-0.2, -0.15) is 0 Å². The fraction of sp³-hybridized carbons (Fsp3) is 0.364. The summed E-state index contributed by atoms with van der Waals surface area (Å²) in [6.45, 7) is -0.348. The second-order valence-electron chi connectivity index (χ2n) is 3.74. The summed E-state index contributed by atoms with van der Waals surface area (Å²) in [5, 5.41) is 19.7. The maximum absolute atomic E-state index is 11.6. The predicted molar refractivity (Wildman–Crippen MR) is 62.7 cm³/mol. The van der Waals surface area contributed by atoms with Gasteiger partial charge in [0, 0.05) is 26.0 Å². The Morgan fingerprint density at radius 3 is 2.78 bits per heavy atom. The Bertz CT molecular complexity index is 410. The van der Waals surface area contributed by atoms with Crippen LogP contribution in [0.1, 0.15) is 5.56 Å². The quantitative estimate of drug-likeness (QED) is 0.666. The van der Waals surface area contributed by atoms with E-state index in [1.165, 1.54) is 11.9 Å². The number of urea groups is 1. The molecule has 0 aromatic carbocycles. The highest BCUT2D eigenvalue weighted by molar-refractivity contribution is 5.82. The number of hydrogen-bond acceptors (Lipinski definition) is 4. The maximum atomic E-state index is 11.6. The van der Waals surface area contributed by atoms with Crippen molar-refractivity contribution in [3.05, 3.63) is 30.1 Å². The van der Waals surface area contributed by atoms with Crippen LogP contribution >= 0.6 is 0 Å². The highest BCUT2D eigenvalue weighted by atomic mass is 16.4. The van der Waals surface area contributed by atoms with E-state index in [1.54, 1.807) is 24.5 Å². The molecule has 7 nitrogen and oxygen atoms in total. The molecular weight excluding hydrogens is 238 g/mol. The molecule has 3 N–H and O–H groups in total. The number of aliphatic carboxylic acids is 1. The number of nitrogens with zero attached hydrogens (tertiary/aromatic N) is 2. The minimum atomic E-state index is -1.30. The van der Waals surface area contributed by atoms with Gasteiger partial charge in [-0.05, 0) is 11.6 Å². The van der Waals surface area contributed by atoms with E-state index in [-0.39, 0.29) is 0 Å². The number of amides is 2. The fourth-order valence-electron chi connectivity index (χ4n) is 1.28. The van der Waals surface area contributed by atoms with Crippen molar-refractivity contribution < 1.29 is 19.8 Å². The minimum absolute atomic E-state index is 0.303. The van der Waals surface area contributed by atoms with E-state index in [2.05, 4.69) is 10.3 Å². The number of carbonyl (C=O) groups is 2. The lowest BCUT2D eigenvalue weighted by Crippen LogP contribution is -2.48.